The summed E-state index contributed by atoms with van der Waals surface area (Å²) in [7, 11) is 3.81. The molecule has 3 heterocycles. The van der Waals surface area contributed by atoms with Crippen LogP contribution in [0.15, 0.2) is 30.6 Å². The van der Waals surface area contributed by atoms with Crippen molar-refractivity contribution >= 4 is 16.9 Å². The number of carbonyl (C=O) groups excluding carboxylic acids is 1. The van der Waals surface area contributed by atoms with Crippen molar-refractivity contribution in [3.63, 3.8) is 0 Å². The number of carbonyl (C=O) groups is 1. The molecule has 28 heavy (non-hydrogen) atoms. The van der Waals surface area contributed by atoms with E-state index in [1.165, 1.54) is 0 Å². The van der Waals surface area contributed by atoms with E-state index in [1.54, 1.807) is 19.3 Å². The third-order valence-corrected chi connectivity index (χ3v) is 5.12. The monoisotopic (exact) mass is 381 g/mol. The van der Waals surface area contributed by atoms with Crippen molar-refractivity contribution in [1.29, 1.82) is 0 Å². The Labute approximate surface area is 163 Å². The number of ether oxygens (including phenoxy) is 2. The van der Waals surface area contributed by atoms with Gasteiger partial charge in [-0.1, -0.05) is 6.07 Å². The van der Waals surface area contributed by atoms with Crippen LogP contribution in [0.4, 0.5) is 0 Å². The van der Waals surface area contributed by atoms with Crippen molar-refractivity contribution < 1.29 is 19.4 Å². The number of nitrogens with zero attached hydrogens (tertiary/aromatic N) is 3. The zero-order valence-corrected chi connectivity index (χ0v) is 16.2. The summed E-state index contributed by atoms with van der Waals surface area (Å²) >= 11 is 0. The average molecular weight is 381 g/mol. The van der Waals surface area contributed by atoms with E-state index in [9.17, 15) is 9.90 Å². The van der Waals surface area contributed by atoms with Crippen LogP contribution < -0.4 is 4.74 Å². The molecule has 2 aromatic heterocycles. The number of benzene rings is 1. The smallest absolute Gasteiger partial charge is 0.340 e. The molecule has 0 spiro atoms. The maximum absolute atomic E-state index is 12.8. The van der Waals surface area contributed by atoms with E-state index in [0.29, 0.717) is 24.5 Å². The normalized spacial score (nSPS) is 14.0. The van der Waals surface area contributed by atoms with Gasteiger partial charge in [-0.25, -0.2) is 4.79 Å². The minimum absolute atomic E-state index is 0.257. The molecule has 0 amide bonds. The van der Waals surface area contributed by atoms with Gasteiger partial charge in [0, 0.05) is 48.1 Å². The first-order chi connectivity index (χ1) is 13.6. The molecule has 1 aliphatic rings. The van der Waals surface area contributed by atoms with Gasteiger partial charge in [0.05, 0.1) is 30.0 Å². The van der Waals surface area contributed by atoms with Crippen LogP contribution in [0.5, 0.6) is 5.75 Å². The molecule has 0 saturated heterocycles. The first-order valence-corrected chi connectivity index (χ1v) is 9.23. The van der Waals surface area contributed by atoms with E-state index in [0.717, 1.165) is 33.3 Å². The van der Waals surface area contributed by atoms with Crippen LogP contribution >= 0.6 is 0 Å². The molecule has 1 N–H and O–H groups in total. The summed E-state index contributed by atoms with van der Waals surface area (Å²) in [5.41, 5.74) is 4.58. The van der Waals surface area contributed by atoms with Gasteiger partial charge in [0.2, 0.25) is 0 Å². The fourth-order valence-electron chi connectivity index (χ4n) is 3.86. The molecule has 0 atom stereocenters. The molecule has 3 aromatic rings. The molecule has 7 nitrogen and oxygen atoms in total. The summed E-state index contributed by atoms with van der Waals surface area (Å²) in [5.74, 6) is 0.320. The van der Waals surface area contributed by atoms with Gasteiger partial charge in [-0.2, -0.15) is 0 Å². The van der Waals surface area contributed by atoms with Gasteiger partial charge in [0.15, 0.2) is 0 Å². The van der Waals surface area contributed by atoms with Crippen LogP contribution in [0.2, 0.25) is 0 Å². The van der Waals surface area contributed by atoms with Crippen LogP contribution in [-0.2, 0) is 24.9 Å². The van der Waals surface area contributed by atoms with Gasteiger partial charge in [-0.15, -0.1) is 0 Å². The average Bonchev–Trinajstić information content (AvgIpc) is 3.00. The number of pyridine rings is 1. The second-order valence-electron chi connectivity index (χ2n) is 6.91. The maximum atomic E-state index is 12.8. The van der Waals surface area contributed by atoms with Crippen molar-refractivity contribution in [2.75, 3.05) is 20.4 Å². The summed E-state index contributed by atoms with van der Waals surface area (Å²) < 4.78 is 13.2. The van der Waals surface area contributed by atoms with Crippen molar-refractivity contribution in [3.8, 4) is 16.9 Å². The number of esters is 1. The van der Waals surface area contributed by atoms with Crippen LogP contribution in [0, 0.1) is 0 Å². The Kier molecular flexibility index (Phi) is 4.78. The summed E-state index contributed by atoms with van der Waals surface area (Å²) in [4.78, 5) is 19.0. The number of aromatic nitrogens is 2. The lowest BCUT2D eigenvalue weighted by Crippen LogP contribution is -2.28. The molecule has 1 aromatic carbocycles. The maximum Gasteiger partial charge on any atom is 0.340 e. The number of aryl methyl sites for hydroxylation is 1. The first-order valence-electron chi connectivity index (χ1n) is 9.23. The van der Waals surface area contributed by atoms with Crippen molar-refractivity contribution in [2.45, 2.75) is 20.1 Å². The van der Waals surface area contributed by atoms with Gasteiger partial charge < -0.3 is 19.1 Å². The zero-order chi connectivity index (χ0) is 19.8. The quantitative estimate of drug-likeness (QED) is 0.700. The molecule has 0 unspecified atom stereocenters. The lowest BCUT2D eigenvalue weighted by atomic mass is 9.96. The van der Waals surface area contributed by atoms with Crippen LogP contribution in [0.1, 0.15) is 28.5 Å². The largest absolute Gasteiger partial charge is 0.477 e. The van der Waals surface area contributed by atoms with E-state index in [1.807, 2.05) is 41.8 Å². The van der Waals surface area contributed by atoms with Crippen LogP contribution in [0.25, 0.3) is 22.0 Å². The minimum atomic E-state index is -0.429. The second-order valence-corrected chi connectivity index (χ2v) is 6.91. The summed E-state index contributed by atoms with van der Waals surface area (Å²) in [6.45, 7) is 2.87. The van der Waals surface area contributed by atoms with Gasteiger partial charge >= 0.3 is 5.97 Å². The fraction of sp³-hybridized carbons (Fsp3) is 0.333. The summed E-state index contributed by atoms with van der Waals surface area (Å²) in [6.07, 6.45) is 3.53. The Balaban J connectivity index is 2.09. The molecule has 0 bridgehead atoms. The molecular formula is C21H23N3O4. The topological polar surface area (TPSA) is 76.8 Å². The molecule has 0 aliphatic carbocycles. The van der Waals surface area contributed by atoms with Crippen molar-refractivity contribution in [3.05, 3.63) is 47.4 Å². The van der Waals surface area contributed by atoms with Crippen molar-refractivity contribution in [2.24, 2.45) is 7.05 Å². The van der Waals surface area contributed by atoms with E-state index in [4.69, 9.17) is 9.47 Å². The number of aliphatic hydroxyl groups is 1. The molecule has 0 saturated carbocycles. The Hall–Kier alpha value is -2.90. The molecule has 0 radical (unpaired) electrons. The Morgan fingerprint density at radius 2 is 2.21 bits per heavy atom. The van der Waals surface area contributed by atoms with E-state index < -0.39 is 5.97 Å². The Morgan fingerprint density at radius 1 is 1.39 bits per heavy atom. The molecule has 4 rings (SSSR count). The minimum Gasteiger partial charge on any atom is -0.477 e. The molecule has 146 valence electrons. The summed E-state index contributed by atoms with van der Waals surface area (Å²) in [6, 6.07) is 5.87. The lowest BCUT2D eigenvalue weighted by molar-refractivity contribution is 0.0524. The van der Waals surface area contributed by atoms with E-state index in [-0.39, 0.29) is 13.2 Å². The predicted octanol–water partition coefficient (Wildman–Crippen LogP) is 2.69. The SMILES string of the molecule is CCOC(=O)c1c(CO)n(C)c2cc(-c3cccnc3)c3c(c12)CN(C)CO3. The van der Waals surface area contributed by atoms with Crippen molar-refractivity contribution in [1.82, 2.24) is 14.5 Å². The highest BCUT2D eigenvalue weighted by Gasteiger charge is 2.30. The first kappa shape index (κ1) is 18.5. The van der Waals surface area contributed by atoms with Gasteiger partial charge in [-0.3, -0.25) is 9.88 Å². The number of rotatable bonds is 4. The molecule has 7 heteroatoms. The van der Waals surface area contributed by atoms with Crippen LogP contribution in [0.3, 0.4) is 0 Å². The molecular weight excluding hydrogens is 358 g/mol. The number of hydrogen-bond acceptors (Lipinski definition) is 6. The van der Waals surface area contributed by atoms with Crippen LogP contribution in [-0.4, -0.2) is 45.9 Å². The van der Waals surface area contributed by atoms with E-state index in [2.05, 4.69) is 4.98 Å². The third kappa shape index (κ3) is 2.83. The molecule has 1 aliphatic heterocycles. The standard InChI is InChI=1S/C21H23N3O4/c1-4-27-21(26)19-17(11-25)24(3)16-8-14(13-6-5-7-22-9-13)20-15(18(16)19)10-23(2)12-28-20/h5-9,25H,4,10-12H2,1-3H3. The Bertz CT molecular complexity index is 1040. The number of fused-ring (bicyclic) bond motifs is 3. The van der Waals surface area contributed by atoms with Gasteiger partial charge in [-0.05, 0) is 26.1 Å². The highest BCUT2D eigenvalue weighted by molar-refractivity contribution is 6.09. The van der Waals surface area contributed by atoms with Gasteiger partial charge in [0.1, 0.15) is 12.5 Å². The molecule has 0 fully saturated rings. The predicted molar refractivity (Wildman–Crippen MR) is 105 cm³/mol. The highest BCUT2D eigenvalue weighted by Crippen LogP contribution is 2.43. The second kappa shape index (κ2) is 7.26. The number of hydrogen-bond donors (Lipinski definition) is 1. The summed E-state index contributed by atoms with van der Waals surface area (Å²) in [5, 5.41) is 10.8. The Morgan fingerprint density at radius 3 is 2.89 bits per heavy atom. The lowest BCUT2D eigenvalue weighted by Gasteiger charge is -2.28. The highest BCUT2D eigenvalue weighted by atomic mass is 16.5. The van der Waals surface area contributed by atoms with Gasteiger partial charge in [0.25, 0.3) is 0 Å². The fourth-order valence-corrected chi connectivity index (χ4v) is 3.86. The number of aliphatic hydroxyl groups excluding tert-OH is 1. The van der Waals surface area contributed by atoms with E-state index >= 15 is 0 Å². The zero-order valence-electron chi connectivity index (χ0n) is 16.2. The third-order valence-electron chi connectivity index (χ3n) is 5.12.